The summed E-state index contributed by atoms with van der Waals surface area (Å²) >= 11 is 0. The minimum atomic E-state index is 0. The molecule has 0 spiro atoms. The van der Waals surface area contributed by atoms with Crippen molar-refractivity contribution in [3.63, 3.8) is 0 Å². The second kappa shape index (κ2) is 27.5. The Morgan fingerprint density at radius 3 is 0.750 bits per heavy atom. The van der Waals surface area contributed by atoms with Crippen LogP contribution >= 0.6 is 48.8 Å². The van der Waals surface area contributed by atoms with Gasteiger partial charge in [0.15, 0.2) is 0 Å². The van der Waals surface area contributed by atoms with Crippen molar-refractivity contribution >= 4 is 48.8 Å². The summed E-state index contributed by atoms with van der Waals surface area (Å²) in [6.45, 7) is 0. The first-order valence-corrected chi connectivity index (χ1v) is 0. The van der Waals surface area contributed by atoms with Gasteiger partial charge < -0.3 is 0 Å². The number of rotatable bonds is 0. The lowest BCUT2D eigenvalue weighted by Crippen LogP contribution is 0.144. The molecule has 0 saturated heterocycles. The standard InChI is InChI=1S/CH4.2ClH.HI/h1H4;3*1H. The van der Waals surface area contributed by atoms with Crippen LogP contribution in [0.1, 0.15) is 7.43 Å². The van der Waals surface area contributed by atoms with E-state index in [2.05, 4.69) is 0 Å². The van der Waals surface area contributed by atoms with Gasteiger partial charge in [-0.3, -0.25) is 0 Å². The van der Waals surface area contributed by atoms with Gasteiger partial charge in [-0.2, -0.15) is 0 Å². The monoisotopic (exact) mass is 216 g/mol. The minimum Gasteiger partial charge on any atom is -0.147 e. The van der Waals surface area contributed by atoms with E-state index in [-0.39, 0.29) is 56.2 Å². The van der Waals surface area contributed by atoms with E-state index in [0.717, 1.165) is 0 Å². The quantitative estimate of drug-likeness (QED) is 0.545. The highest BCUT2D eigenvalue weighted by molar-refractivity contribution is 14.0. The van der Waals surface area contributed by atoms with Crippen LogP contribution in [-0.2, 0) is 0 Å². The Morgan fingerprint density at radius 2 is 0.750 bits per heavy atom. The van der Waals surface area contributed by atoms with Gasteiger partial charge in [0.25, 0.3) is 0 Å². The molecular weight excluding hydrogens is 210 g/mol. The number of hydrogen-bond acceptors (Lipinski definition) is 0. The molecular formula is CH7Cl2I. The van der Waals surface area contributed by atoms with Crippen molar-refractivity contribution in [1.29, 1.82) is 0 Å². The van der Waals surface area contributed by atoms with Crippen LogP contribution in [0.4, 0.5) is 0 Å². The third kappa shape index (κ3) is 10.3. The maximum atomic E-state index is 0. The van der Waals surface area contributed by atoms with E-state index in [1.807, 2.05) is 0 Å². The Kier molecular flexibility index (Phi) is 395. The van der Waals surface area contributed by atoms with Crippen LogP contribution in [0.3, 0.4) is 0 Å². The maximum absolute atomic E-state index is 0. The van der Waals surface area contributed by atoms with Gasteiger partial charge in [-0.05, 0) is 0 Å². The Labute approximate surface area is 56.2 Å². The van der Waals surface area contributed by atoms with Gasteiger partial charge in [0, 0.05) is 0 Å². The number of hydrogen-bond donors (Lipinski definition) is 0. The molecule has 0 aromatic heterocycles. The molecule has 0 aromatic carbocycles. The zero-order valence-corrected chi connectivity index (χ0v) is 5.19. The highest BCUT2D eigenvalue weighted by Gasteiger charge is -0.0775. The molecule has 0 aromatic rings. The molecule has 0 nitrogen and oxygen atoms in total. The fourth-order valence-corrected chi connectivity index (χ4v) is 0. The van der Waals surface area contributed by atoms with E-state index in [1.165, 1.54) is 0 Å². The Hall–Kier alpha value is 1.31. The molecule has 0 saturated carbocycles. The third-order valence-electron chi connectivity index (χ3n) is 0. The molecule has 4 heavy (non-hydrogen) atoms. The largest absolute Gasteiger partial charge is 0.147 e. The normalized spacial score (nSPS) is 0. The van der Waals surface area contributed by atoms with E-state index in [9.17, 15) is 0 Å². The van der Waals surface area contributed by atoms with Gasteiger partial charge in [0.2, 0.25) is 0 Å². The fourth-order valence-electron chi connectivity index (χ4n) is 0. The van der Waals surface area contributed by atoms with E-state index in [0.29, 0.717) is 0 Å². The second-order valence-corrected chi connectivity index (χ2v) is 0. The summed E-state index contributed by atoms with van der Waals surface area (Å²) < 4.78 is 0. The van der Waals surface area contributed by atoms with Crippen LogP contribution in [0.25, 0.3) is 0 Å². The van der Waals surface area contributed by atoms with Gasteiger partial charge in [-0.1, -0.05) is 7.43 Å². The van der Waals surface area contributed by atoms with Gasteiger partial charge in [-0.15, -0.1) is 48.8 Å². The van der Waals surface area contributed by atoms with E-state index in [4.69, 9.17) is 0 Å². The first-order chi connectivity index (χ1) is 0. The van der Waals surface area contributed by atoms with Gasteiger partial charge >= 0.3 is 0 Å². The first kappa shape index (κ1) is 57.5. The van der Waals surface area contributed by atoms with Crippen LogP contribution in [0.5, 0.6) is 0 Å². The number of halogens is 3. The fraction of sp³-hybridized carbons (Fsp3) is 1.00. The van der Waals surface area contributed by atoms with Crippen molar-refractivity contribution in [3.05, 3.63) is 0 Å². The molecule has 3 heteroatoms. The highest BCUT2D eigenvalue weighted by Crippen LogP contribution is 0.886. The average molecular weight is 217 g/mol. The zero-order chi connectivity index (χ0) is 0. The lowest BCUT2D eigenvalue weighted by Gasteiger charge is -0.148. The van der Waals surface area contributed by atoms with Crippen LogP contribution < -0.4 is 0 Å². The molecule has 0 rings (SSSR count). The Morgan fingerprint density at radius 1 is 0.750 bits per heavy atom. The van der Waals surface area contributed by atoms with Crippen molar-refractivity contribution in [2.75, 3.05) is 0 Å². The van der Waals surface area contributed by atoms with Crippen molar-refractivity contribution in [3.8, 4) is 0 Å². The molecule has 0 bridgehead atoms. The Balaban J connectivity index is 0. The molecule has 0 atom stereocenters. The van der Waals surface area contributed by atoms with Crippen molar-refractivity contribution in [2.24, 2.45) is 0 Å². The maximum Gasteiger partial charge on any atom is -0.0776 e. The average Bonchev–Trinajstić information content (AvgIpc) is 0. The second-order valence-electron chi connectivity index (χ2n) is 0. The molecule has 0 fully saturated rings. The summed E-state index contributed by atoms with van der Waals surface area (Å²) in [6.07, 6.45) is 0. The van der Waals surface area contributed by atoms with Crippen molar-refractivity contribution < 1.29 is 0 Å². The first-order valence-electron chi connectivity index (χ1n) is 0. The van der Waals surface area contributed by atoms with Gasteiger partial charge in [0.1, 0.15) is 0 Å². The molecule has 0 heterocycles. The van der Waals surface area contributed by atoms with Crippen molar-refractivity contribution in [2.45, 2.75) is 7.43 Å². The van der Waals surface area contributed by atoms with Gasteiger partial charge in [0.05, 0.1) is 0 Å². The molecule has 0 aliphatic carbocycles. The van der Waals surface area contributed by atoms with Crippen LogP contribution in [0.2, 0.25) is 0 Å². The zero-order valence-electron chi connectivity index (χ0n) is 1.22. The van der Waals surface area contributed by atoms with E-state index < -0.39 is 0 Å². The predicted octanol–water partition coefficient (Wildman–Crippen LogP) is 2.10. The molecule has 0 radical (unpaired) electrons. The smallest absolute Gasteiger partial charge is 0.0776 e. The lowest BCUT2D eigenvalue weighted by atomic mass is 12.0. The topological polar surface area (TPSA) is 0 Å². The van der Waals surface area contributed by atoms with Crippen LogP contribution in [0.15, 0.2) is 0 Å². The van der Waals surface area contributed by atoms with Crippen LogP contribution in [0, 0.1) is 0 Å². The third-order valence-corrected chi connectivity index (χ3v) is 0. The minimum absolute atomic E-state index is 0. The highest BCUT2D eigenvalue weighted by atomic mass is 127. The lowest BCUT2D eigenvalue weighted by molar-refractivity contribution is 2.50. The van der Waals surface area contributed by atoms with Crippen LogP contribution in [-0.4, -0.2) is 0 Å². The summed E-state index contributed by atoms with van der Waals surface area (Å²) in [6, 6.07) is 0. The van der Waals surface area contributed by atoms with Gasteiger partial charge in [-0.25, -0.2) is 0 Å². The summed E-state index contributed by atoms with van der Waals surface area (Å²) in [4.78, 5) is 0. The van der Waals surface area contributed by atoms with Crippen molar-refractivity contribution in [1.82, 2.24) is 0 Å². The Bertz CT molecular complexity index is 6.00. The molecule has 0 N–H and O–H groups in total. The summed E-state index contributed by atoms with van der Waals surface area (Å²) in [7, 11) is 0. The molecule has 0 unspecified atom stereocenters. The molecule has 0 amide bonds. The van der Waals surface area contributed by atoms with E-state index >= 15 is 0 Å². The molecule has 0 aliphatic rings. The SMILES string of the molecule is C.Cl.Cl.I. The molecule has 32 valence electrons. The van der Waals surface area contributed by atoms with E-state index in [1.54, 1.807) is 0 Å². The summed E-state index contributed by atoms with van der Waals surface area (Å²) in [5, 5.41) is 0. The predicted molar refractivity (Wildman–Crippen MR) is 36.6 cm³/mol. The molecule has 0 aliphatic heterocycles. The summed E-state index contributed by atoms with van der Waals surface area (Å²) in [5.41, 5.74) is 0. The summed E-state index contributed by atoms with van der Waals surface area (Å²) in [5.74, 6) is 0.